The van der Waals surface area contributed by atoms with Crippen molar-refractivity contribution in [3.63, 3.8) is 0 Å². The van der Waals surface area contributed by atoms with Crippen LogP contribution in [0, 0.1) is 0 Å². The zero-order chi connectivity index (χ0) is 19.1. The van der Waals surface area contributed by atoms with Crippen LogP contribution in [0.2, 0.25) is 0 Å². The van der Waals surface area contributed by atoms with E-state index < -0.39 is 30.1 Å². The third-order valence-corrected chi connectivity index (χ3v) is 3.74. The molecular weight excluding hydrogens is 342 g/mol. The van der Waals surface area contributed by atoms with E-state index in [2.05, 4.69) is 4.74 Å². The van der Waals surface area contributed by atoms with Crippen LogP contribution >= 0.6 is 0 Å². The maximum absolute atomic E-state index is 12.4. The second-order valence-electron chi connectivity index (χ2n) is 5.57. The number of methoxy groups -OCH3 is 1. The fraction of sp³-hybridized carbons (Fsp3) is 0.333. The number of likely N-dealkylation sites (tertiary alicyclic amines) is 1. The van der Waals surface area contributed by atoms with Crippen LogP contribution in [0.15, 0.2) is 42.5 Å². The molecule has 0 aromatic heterocycles. The van der Waals surface area contributed by atoms with Crippen LogP contribution < -0.4 is 4.74 Å². The molecule has 1 aromatic rings. The molecule has 2 rings (SSSR count). The van der Waals surface area contributed by atoms with Gasteiger partial charge in [-0.1, -0.05) is 18.2 Å². The number of para-hydroxylation sites is 1. The lowest BCUT2D eigenvalue weighted by molar-refractivity contribution is -0.145. The summed E-state index contributed by atoms with van der Waals surface area (Å²) in [7, 11) is 1.18. The Morgan fingerprint density at radius 2 is 1.73 bits per heavy atom. The van der Waals surface area contributed by atoms with E-state index in [1.54, 1.807) is 30.3 Å². The minimum atomic E-state index is -0.852. The summed E-state index contributed by atoms with van der Waals surface area (Å²) in [6.45, 7) is 1.39. The van der Waals surface area contributed by atoms with E-state index in [0.29, 0.717) is 5.75 Å². The first kappa shape index (κ1) is 19.2. The van der Waals surface area contributed by atoms with Gasteiger partial charge < -0.3 is 19.1 Å². The summed E-state index contributed by atoms with van der Waals surface area (Å²) in [4.78, 5) is 48.2. The quantitative estimate of drug-likeness (QED) is 0.435. The van der Waals surface area contributed by atoms with Gasteiger partial charge in [0.25, 0.3) is 0 Å². The molecular formula is C18H19NO7. The molecule has 0 bridgehead atoms. The fourth-order valence-corrected chi connectivity index (χ4v) is 2.53. The highest BCUT2D eigenvalue weighted by molar-refractivity contribution is 5.92. The summed E-state index contributed by atoms with van der Waals surface area (Å²) in [5.41, 5.74) is 0. The van der Waals surface area contributed by atoms with Gasteiger partial charge >= 0.3 is 17.9 Å². The molecule has 0 unspecified atom stereocenters. The topological polar surface area (TPSA) is 99.2 Å². The van der Waals surface area contributed by atoms with Gasteiger partial charge in [-0.2, -0.15) is 0 Å². The van der Waals surface area contributed by atoms with Gasteiger partial charge in [0.1, 0.15) is 17.9 Å². The molecule has 1 saturated heterocycles. The number of carbonyl (C=O) groups is 4. The number of esters is 3. The molecule has 8 nitrogen and oxygen atoms in total. The Bertz CT molecular complexity index is 714. The minimum absolute atomic E-state index is 0.0711. The Morgan fingerprint density at radius 1 is 1.08 bits per heavy atom. The second-order valence-corrected chi connectivity index (χ2v) is 5.57. The fourth-order valence-electron chi connectivity index (χ4n) is 2.53. The summed E-state index contributed by atoms with van der Waals surface area (Å²) < 4.78 is 14.8. The van der Waals surface area contributed by atoms with Gasteiger partial charge in [-0.3, -0.25) is 4.79 Å². The van der Waals surface area contributed by atoms with Crippen molar-refractivity contribution in [3.05, 3.63) is 42.5 Å². The SMILES string of the molecule is COC(=O)/C=C/C(=O)O[C@@H]1C[C@@H](C(=O)Oc2ccccc2)N(C(C)=O)C1. The monoisotopic (exact) mass is 361 g/mol. The lowest BCUT2D eigenvalue weighted by atomic mass is 10.2. The zero-order valence-corrected chi connectivity index (χ0v) is 14.4. The average molecular weight is 361 g/mol. The number of hydrogen-bond donors (Lipinski definition) is 0. The summed E-state index contributed by atoms with van der Waals surface area (Å²) >= 11 is 0. The van der Waals surface area contributed by atoms with E-state index in [1.807, 2.05) is 0 Å². The van der Waals surface area contributed by atoms with E-state index in [4.69, 9.17) is 9.47 Å². The van der Waals surface area contributed by atoms with E-state index >= 15 is 0 Å². The molecule has 8 heteroatoms. The van der Waals surface area contributed by atoms with E-state index in [1.165, 1.54) is 18.9 Å². The molecule has 0 spiro atoms. The van der Waals surface area contributed by atoms with Crippen molar-refractivity contribution in [1.82, 2.24) is 4.90 Å². The molecule has 1 aliphatic rings. The maximum Gasteiger partial charge on any atom is 0.334 e. The largest absolute Gasteiger partial charge is 0.466 e. The Morgan fingerprint density at radius 3 is 2.35 bits per heavy atom. The zero-order valence-electron chi connectivity index (χ0n) is 14.4. The number of carbonyl (C=O) groups excluding carboxylic acids is 4. The smallest absolute Gasteiger partial charge is 0.334 e. The molecule has 1 aliphatic heterocycles. The molecule has 2 atom stereocenters. The Balaban J connectivity index is 2.00. The Labute approximate surface area is 150 Å². The first-order valence-electron chi connectivity index (χ1n) is 7.91. The standard InChI is InChI=1S/C18H19NO7/c1-12(20)19-11-14(25-17(22)9-8-16(21)24-2)10-15(19)18(23)26-13-6-4-3-5-7-13/h3-9,14-15H,10-11H2,1-2H3/b9-8+/t14-,15+/m1/s1. The van der Waals surface area contributed by atoms with E-state index in [9.17, 15) is 19.2 Å². The molecule has 1 amide bonds. The van der Waals surface area contributed by atoms with Crippen molar-refractivity contribution >= 4 is 23.8 Å². The van der Waals surface area contributed by atoms with Crippen molar-refractivity contribution in [2.75, 3.05) is 13.7 Å². The molecule has 26 heavy (non-hydrogen) atoms. The summed E-state index contributed by atoms with van der Waals surface area (Å²) in [5, 5.41) is 0. The Kier molecular flexibility index (Phi) is 6.48. The first-order chi connectivity index (χ1) is 12.4. The highest BCUT2D eigenvalue weighted by atomic mass is 16.6. The predicted octanol–water partition coefficient (Wildman–Crippen LogP) is 0.854. The van der Waals surface area contributed by atoms with Gasteiger partial charge in [0.2, 0.25) is 5.91 Å². The highest BCUT2D eigenvalue weighted by Gasteiger charge is 2.41. The normalized spacial score (nSPS) is 19.2. The van der Waals surface area contributed by atoms with Crippen molar-refractivity contribution in [2.45, 2.75) is 25.5 Å². The van der Waals surface area contributed by atoms with Crippen molar-refractivity contribution in [2.24, 2.45) is 0 Å². The summed E-state index contributed by atoms with van der Waals surface area (Å²) in [6.07, 6.45) is 1.30. The maximum atomic E-state index is 12.4. The summed E-state index contributed by atoms with van der Waals surface area (Å²) in [5.74, 6) is -2.02. The van der Waals surface area contributed by atoms with Crippen molar-refractivity contribution < 1.29 is 33.4 Å². The number of amides is 1. The van der Waals surface area contributed by atoms with Crippen molar-refractivity contribution in [3.8, 4) is 5.75 Å². The molecule has 1 heterocycles. The molecule has 1 fully saturated rings. The Hall–Kier alpha value is -3.16. The molecule has 0 N–H and O–H groups in total. The van der Waals surface area contributed by atoms with Gasteiger partial charge in [0.15, 0.2) is 0 Å². The minimum Gasteiger partial charge on any atom is -0.466 e. The van der Waals surface area contributed by atoms with E-state index in [-0.39, 0.29) is 18.9 Å². The average Bonchev–Trinajstić information content (AvgIpc) is 3.04. The second kappa shape index (κ2) is 8.80. The number of benzene rings is 1. The number of ether oxygens (including phenoxy) is 3. The highest BCUT2D eigenvalue weighted by Crippen LogP contribution is 2.23. The van der Waals surface area contributed by atoms with Crippen LogP contribution in [0.25, 0.3) is 0 Å². The molecule has 138 valence electrons. The molecule has 0 aliphatic carbocycles. The van der Waals surface area contributed by atoms with Crippen LogP contribution in [0.5, 0.6) is 5.75 Å². The van der Waals surface area contributed by atoms with Crippen LogP contribution in [0.1, 0.15) is 13.3 Å². The van der Waals surface area contributed by atoms with E-state index in [0.717, 1.165) is 12.2 Å². The molecule has 0 radical (unpaired) electrons. The third kappa shape index (κ3) is 5.17. The van der Waals surface area contributed by atoms with Crippen LogP contribution in [-0.2, 0) is 28.7 Å². The predicted molar refractivity (Wildman–Crippen MR) is 88.9 cm³/mol. The number of rotatable bonds is 5. The summed E-state index contributed by atoms with van der Waals surface area (Å²) in [6, 6.07) is 7.62. The van der Waals surface area contributed by atoms with Gasteiger partial charge in [-0.15, -0.1) is 0 Å². The number of nitrogens with zero attached hydrogens (tertiary/aromatic N) is 1. The van der Waals surface area contributed by atoms with Crippen molar-refractivity contribution in [1.29, 1.82) is 0 Å². The molecule has 1 aromatic carbocycles. The van der Waals surface area contributed by atoms with Crippen LogP contribution in [-0.4, -0.2) is 54.5 Å². The van der Waals surface area contributed by atoms with Gasteiger partial charge in [-0.05, 0) is 12.1 Å². The first-order valence-corrected chi connectivity index (χ1v) is 7.91. The van der Waals surface area contributed by atoms with Gasteiger partial charge in [0, 0.05) is 25.5 Å². The lowest BCUT2D eigenvalue weighted by Gasteiger charge is -2.20. The third-order valence-electron chi connectivity index (χ3n) is 3.74. The van der Waals surface area contributed by atoms with Gasteiger partial charge in [0.05, 0.1) is 13.7 Å². The molecule has 0 saturated carbocycles. The van der Waals surface area contributed by atoms with Crippen LogP contribution in [0.4, 0.5) is 0 Å². The van der Waals surface area contributed by atoms with Crippen LogP contribution in [0.3, 0.4) is 0 Å². The van der Waals surface area contributed by atoms with Gasteiger partial charge in [-0.25, -0.2) is 14.4 Å². The number of hydrogen-bond acceptors (Lipinski definition) is 7. The lowest BCUT2D eigenvalue weighted by Crippen LogP contribution is -2.41.